The molecule has 0 saturated carbocycles. The van der Waals surface area contributed by atoms with Gasteiger partial charge >= 0.3 is 0 Å². The highest BCUT2D eigenvalue weighted by atomic mass is 19.1. The smallest absolute Gasteiger partial charge is 0.257 e. The van der Waals surface area contributed by atoms with E-state index >= 15 is 0 Å². The molecule has 9 heteroatoms. The van der Waals surface area contributed by atoms with E-state index in [0.717, 1.165) is 5.56 Å². The van der Waals surface area contributed by atoms with Crippen molar-refractivity contribution in [2.75, 3.05) is 0 Å². The van der Waals surface area contributed by atoms with Gasteiger partial charge in [0.15, 0.2) is 11.5 Å². The maximum absolute atomic E-state index is 13.2. The Morgan fingerprint density at radius 3 is 3.04 bits per heavy atom. The summed E-state index contributed by atoms with van der Waals surface area (Å²) in [6.07, 6.45) is 6.33. The van der Waals surface area contributed by atoms with Crippen LogP contribution >= 0.6 is 0 Å². The van der Waals surface area contributed by atoms with E-state index in [0.29, 0.717) is 23.6 Å². The molecule has 0 atom stereocenters. The van der Waals surface area contributed by atoms with E-state index in [9.17, 15) is 9.18 Å². The van der Waals surface area contributed by atoms with Gasteiger partial charge in [-0.15, -0.1) is 0 Å². The average Bonchev–Trinajstić information content (AvgIpc) is 3.26. The molecule has 3 aromatic heterocycles. The Bertz CT molecular complexity index is 1070. The molecule has 0 radical (unpaired) electrons. The first-order valence-corrected chi connectivity index (χ1v) is 7.88. The molecule has 0 aliphatic heterocycles. The third kappa shape index (κ3) is 3.27. The third-order valence-electron chi connectivity index (χ3n) is 3.75. The van der Waals surface area contributed by atoms with Gasteiger partial charge in [0.25, 0.3) is 5.91 Å². The number of rotatable bonds is 5. The van der Waals surface area contributed by atoms with Crippen LogP contribution in [0.3, 0.4) is 0 Å². The number of carbonyl (C=O) groups is 1. The van der Waals surface area contributed by atoms with Gasteiger partial charge in [-0.05, 0) is 23.8 Å². The van der Waals surface area contributed by atoms with Gasteiger partial charge in [0, 0.05) is 12.4 Å². The Kier molecular flexibility index (Phi) is 4.10. The number of hydrogen-bond acceptors (Lipinski definition) is 5. The number of benzene rings is 1. The van der Waals surface area contributed by atoms with Crippen LogP contribution in [-0.2, 0) is 13.1 Å². The first-order chi connectivity index (χ1) is 12.7. The predicted octanol–water partition coefficient (Wildman–Crippen LogP) is 1.44. The first kappa shape index (κ1) is 15.9. The number of halogens is 1. The molecule has 8 nitrogen and oxygen atoms in total. The Morgan fingerprint density at radius 1 is 1.23 bits per heavy atom. The summed E-state index contributed by atoms with van der Waals surface area (Å²) in [4.78, 5) is 20.6. The number of nitrogens with one attached hydrogen (secondary N) is 1. The van der Waals surface area contributed by atoms with Crippen LogP contribution in [0.15, 0.2) is 55.2 Å². The van der Waals surface area contributed by atoms with Gasteiger partial charge in [-0.2, -0.15) is 10.2 Å². The SMILES string of the molecule is O=C(NCc1ncn(Cc2cccc(F)c2)n1)c1cnn2cccnc12. The van der Waals surface area contributed by atoms with E-state index in [1.165, 1.54) is 22.8 Å². The summed E-state index contributed by atoms with van der Waals surface area (Å²) in [6.45, 7) is 0.565. The summed E-state index contributed by atoms with van der Waals surface area (Å²) in [6, 6.07) is 8.02. The fraction of sp³-hybridized carbons (Fsp3) is 0.118. The van der Waals surface area contributed by atoms with Crippen molar-refractivity contribution in [3.63, 3.8) is 0 Å². The quantitative estimate of drug-likeness (QED) is 0.588. The van der Waals surface area contributed by atoms with Gasteiger partial charge in [0.2, 0.25) is 0 Å². The normalized spacial score (nSPS) is 11.0. The van der Waals surface area contributed by atoms with Gasteiger partial charge in [-0.3, -0.25) is 4.79 Å². The van der Waals surface area contributed by atoms with Crippen LogP contribution < -0.4 is 5.32 Å². The minimum atomic E-state index is -0.305. The van der Waals surface area contributed by atoms with Gasteiger partial charge in [0.1, 0.15) is 17.7 Å². The summed E-state index contributed by atoms with van der Waals surface area (Å²) < 4.78 is 16.3. The topological polar surface area (TPSA) is 90.0 Å². The van der Waals surface area contributed by atoms with Crippen LogP contribution in [0.4, 0.5) is 4.39 Å². The summed E-state index contributed by atoms with van der Waals surface area (Å²) in [7, 11) is 0. The maximum atomic E-state index is 13.2. The van der Waals surface area contributed by atoms with E-state index in [1.54, 1.807) is 35.5 Å². The number of aromatic nitrogens is 6. The number of hydrogen-bond donors (Lipinski definition) is 1. The van der Waals surface area contributed by atoms with E-state index in [-0.39, 0.29) is 18.3 Å². The number of amides is 1. The average molecular weight is 351 g/mol. The molecule has 4 rings (SSSR count). The van der Waals surface area contributed by atoms with Crippen LogP contribution in [0.25, 0.3) is 5.65 Å². The maximum Gasteiger partial charge on any atom is 0.257 e. The fourth-order valence-corrected chi connectivity index (χ4v) is 2.55. The van der Waals surface area contributed by atoms with Crippen molar-refractivity contribution in [1.29, 1.82) is 0 Å². The lowest BCUT2D eigenvalue weighted by atomic mass is 10.2. The predicted molar refractivity (Wildman–Crippen MR) is 89.7 cm³/mol. The molecule has 1 N–H and O–H groups in total. The van der Waals surface area contributed by atoms with Crippen molar-refractivity contribution in [1.82, 2.24) is 34.7 Å². The van der Waals surface area contributed by atoms with Crippen LogP contribution in [-0.4, -0.2) is 35.3 Å². The highest BCUT2D eigenvalue weighted by molar-refractivity contribution is 5.99. The summed E-state index contributed by atoms with van der Waals surface area (Å²) in [5, 5.41) is 11.1. The highest BCUT2D eigenvalue weighted by Crippen LogP contribution is 2.07. The molecule has 0 aliphatic carbocycles. The lowest BCUT2D eigenvalue weighted by molar-refractivity contribution is 0.0951. The van der Waals surface area contributed by atoms with E-state index < -0.39 is 0 Å². The standard InChI is InChI=1S/C17H14FN7O/c18-13-4-1-3-12(7-13)10-24-11-21-15(23-24)9-20-17(26)14-8-22-25-6-2-5-19-16(14)25/h1-8,11H,9-10H2,(H,20,26). The second kappa shape index (κ2) is 6.71. The zero-order chi connectivity index (χ0) is 17.9. The zero-order valence-corrected chi connectivity index (χ0v) is 13.6. The number of nitrogens with zero attached hydrogens (tertiary/aromatic N) is 6. The molecule has 0 unspecified atom stereocenters. The summed E-state index contributed by atoms with van der Waals surface area (Å²) >= 11 is 0. The summed E-state index contributed by atoms with van der Waals surface area (Å²) in [5.41, 5.74) is 1.64. The molecule has 0 saturated heterocycles. The molecule has 3 heterocycles. The minimum absolute atomic E-state index is 0.166. The Balaban J connectivity index is 1.41. The van der Waals surface area contributed by atoms with E-state index in [1.807, 2.05) is 6.07 Å². The van der Waals surface area contributed by atoms with Crippen molar-refractivity contribution < 1.29 is 9.18 Å². The number of fused-ring (bicyclic) bond motifs is 1. The molecule has 1 aromatic carbocycles. The molecule has 4 aromatic rings. The molecule has 130 valence electrons. The summed E-state index contributed by atoms with van der Waals surface area (Å²) in [5.74, 6) is -0.142. The largest absolute Gasteiger partial charge is 0.344 e. The Labute approximate surface area is 147 Å². The van der Waals surface area contributed by atoms with E-state index in [2.05, 4.69) is 25.5 Å². The van der Waals surface area contributed by atoms with Crippen LogP contribution in [0.2, 0.25) is 0 Å². The third-order valence-corrected chi connectivity index (χ3v) is 3.75. The van der Waals surface area contributed by atoms with Gasteiger partial charge in [0.05, 0.1) is 19.3 Å². The van der Waals surface area contributed by atoms with Gasteiger partial charge in [-0.25, -0.2) is 23.6 Å². The number of carbonyl (C=O) groups excluding carboxylic acids is 1. The van der Waals surface area contributed by atoms with Crippen LogP contribution in [0.5, 0.6) is 0 Å². The van der Waals surface area contributed by atoms with Gasteiger partial charge in [-0.1, -0.05) is 12.1 Å². The van der Waals surface area contributed by atoms with Crippen molar-refractivity contribution in [2.24, 2.45) is 0 Å². The highest BCUT2D eigenvalue weighted by Gasteiger charge is 2.14. The van der Waals surface area contributed by atoms with E-state index in [4.69, 9.17) is 0 Å². The second-order valence-electron chi connectivity index (χ2n) is 5.62. The second-order valence-corrected chi connectivity index (χ2v) is 5.62. The van der Waals surface area contributed by atoms with Crippen molar-refractivity contribution >= 4 is 11.6 Å². The molecule has 26 heavy (non-hydrogen) atoms. The molecule has 0 fully saturated rings. The molecular weight excluding hydrogens is 337 g/mol. The minimum Gasteiger partial charge on any atom is -0.344 e. The van der Waals surface area contributed by atoms with Crippen LogP contribution in [0, 0.1) is 5.82 Å². The van der Waals surface area contributed by atoms with Crippen molar-refractivity contribution in [3.05, 3.63) is 78.0 Å². The molecule has 0 bridgehead atoms. The molecule has 1 amide bonds. The van der Waals surface area contributed by atoms with Gasteiger partial charge < -0.3 is 5.32 Å². The first-order valence-electron chi connectivity index (χ1n) is 7.88. The zero-order valence-electron chi connectivity index (χ0n) is 13.6. The monoisotopic (exact) mass is 351 g/mol. The molecule has 0 aliphatic rings. The fourth-order valence-electron chi connectivity index (χ4n) is 2.55. The molecular formula is C17H14FN7O. The van der Waals surface area contributed by atoms with Crippen LogP contribution in [0.1, 0.15) is 21.7 Å². The lowest BCUT2D eigenvalue weighted by Gasteiger charge is -2.02. The van der Waals surface area contributed by atoms with Crippen molar-refractivity contribution in [2.45, 2.75) is 13.1 Å². The van der Waals surface area contributed by atoms with Crippen molar-refractivity contribution in [3.8, 4) is 0 Å². The Hall–Kier alpha value is -3.62. The lowest BCUT2D eigenvalue weighted by Crippen LogP contribution is -2.23. The Morgan fingerprint density at radius 2 is 2.15 bits per heavy atom. The molecule has 0 spiro atoms.